The highest BCUT2D eigenvalue weighted by atomic mass is 16.5. The highest BCUT2D eigenvalue weighted by Crippen LogP contribution is 2.16. The maximum Gasteiger partial charge on any atom is 0.124 e. The molecule has 0 unspecified atom stereocenters. The zero-order valence-electron chi connectivity index (χ0n) is 11.5. The Morgan fingerprint density at radius 3 is 2.89 bits per heavy atom. The Hall–Kier alpha value is -1.86. The van der Waals surface area contributed by atoms with Gasteiger partial charge < -0.3 is 9.30 Å². The van der Waals surface area contributed by atoms with Gasteiger partial charge in [0.25, 0.3) is 0 Å². The van der Waals surface area contributed by atoms with E-state index in [-0.39, 0.29) is 0 Å². The van der Waals surface area contributed by atoms with Crippen molar-refractivity contribution in [1.29, 1.82) is 5.26 Å². The van der Waals surface area contributed by atoms with Crippen LogP contribution in [0.5, 0.6) is 0 Å². The molecule has 0 saturated heterocycles. The summed E-state index contributed by atoms with van der Waals surface area (Å²) in [4.78, 5) is 4.50. The summed E-state index contributed by atoms with van der Waals surface area (Å²) in [7, 11) is 0. The van der Waals surface area contributed by atoms with Crippen LogP contribution in [0.15, 0.2) is 24.3 Å². The minimum Gasteiger partial charge on any atom is -0.379 e. The quantitative estimate of drug-likeness (QED) is 0.748. The molecule has 100 valence electrons. The summed E-state index contributed by atoms with van der Waals surface area (Å²) in [5.74, 6) is 1.36. The van der Waals surface area contributed by atoms with Gasteiger partial charge in [0.05, 0.1) is 30.1 Å². The van der Waals surface area contributed by atoms with Crippen molar-refractivity contribution in [3.8, 4) is 6.07 Å². The third kappa shape index (κ3) is 3.33. The molecule has 19 heavy (non-hydrogen) atoms. The second kappa shape index (κ2) is 6.35. The van der Waals surface area contributed by atoms with E-state index in [0.717, 1.165) is 30.0 Å². The topological polar surface area (TPSA) is 50.8 Å². The lowest BCUT2D eigenvalue weighted by atomic mass is 10.2. The lowest BCUT2D eigenvalue weighted by molar-refractivity contribution is 0.103. The van der Waals surface area contributed by atoms with E-state index in [1.54, 1.807) is 0 Å². The van der Waals surface area contributed by atoms with Crippen molar-refractivity contribution in [2.45, 2.75) is 26.8 Å². The monoisotopic (exact) mass is 257 g/mol. The first-order valence-corrected chi connectivity index (χ1v) is 6.61. The van der Waals surface area contributed by atoms with Crippen molar-refractivity contribution in [3.63, 3.8) is 0 Å². The number of hydrogen-bond acceptors (Lipinski definition) is 3. The van der Waals surface area contributed by atoms with Crippen LogP contribution in [-0.2, 0) is 17.7 Å². The van der Waals surface area contributed by atoms with Crippen LogP contribution in [0.4, 0.5) is 0 Å². The van der Waals surface area contributed by atoms with E-state index < -0.39 is 0 Å². The molecule has 0 amide bonds. The molecule has 0 saturated carbocycles. The Morgan fingerprint density at radius 2 is 2.16 bits per heavy atom. The fourth-order valence-electron chi connectivity index (χ4n) is 2.06. The molecule has 0 aliphatic carbocycles. The van der Waals surface area contributed by atoms with E-state index in [1.165, 1.54) is 0 Å². The molecule has 4 heteroatoms. The minimum absolute atomic E-state index is 0.332. The van der Waals surface area contributed by atoms with E-state index in [0.29, 0.717) is 18.9 Å². The Morgan fingerprint density at radius 1 is 1.37 bits per heavy atom. The third-order valence-electron chi connectivity index (χ3n) is 2.88. The predicted molar refractivity (Wildman–Crippen MR) is 74.7 cm³/mol. The first-order valence-electron chi connectivity index (χ1n) is 6.61. The number of hydrogen-bond donors (Lipinski definition) is 0. The molecule has 0 aliphatic rings. The summed E-state index contributed by atoms with van der Waals surface area (Å²) < 4.78 is 7.70. The Labute approximate surface area is 113 Å². The predicted octanol–water partition coefficient (Wildman–Crippen LogP) is 2.77. The van der Waals surface area contributed by atoms with Crippen molar-refractivity contribution in [3.05, 3.63) is 30.1 Å². The molecule has 1 aromatic carbocycles. The highest BCUT2D eigenvalue weighted by molar-refractivity contribution is 5.75. The number of nitriles is 1. The summed E-state index contributed by atoms with van der Waals surface area (Å²) in [5.41, 5.74) is 2.01. The SMILES string of the molecule is CC(C)COCCn1c(CC#N)nc2ccccc21. The van der Waals surface area contributed by atoms with Crippen LogP contribution in [-0.4, -0.2) is 22.8 Å². The third-order valence-corrected chi connectivity index (χ3v) is 2.88. The number of ether oxygens (including phenoxy) is 1. The van der Waals surface area contributed by atoms with Gasteiger partial charge in [-0.15, -0.1) is 0 Å². The van der Waals surface area contributed by atoms with E-state index >= 15 is 0 Å². The molecule has 2 aromatic rings. The normalized spacial score (nSPS) is 11.1. The summed E-state index contributed by atoms with van der Waals surface area (Å²) in [6.45, 7) is 6.42. The summed E-state index contributed by atoms with van der Waals surface area (Å²) >= 11 is 0. The average Bonchev–Trinajstić information content (AvgIpc) is 2.73. The number of para-hydroxylation sites is 2. The molecule has 0 bridgehead atoms. The van der Waals surface area contributed by atoms with Gasteiger partial charge >= 0.3 is 0 Å². The van der Waals surface area contributed by atoms with Crippen molar-refractivity contribution in [2.24, 2.45) is 5.92 Å². The van der Waals surface area contributed by atoms with Crippen LogP contribution in [0, 0.1) is 17.2 Å². The standard InChI is InChI=1S/C15H19N3O/c1-12(2)11-19-10-9-18-14-6-4-3-5-13(14)17-15(18)7-8-16/h3-6,12H,7,9-11H2,1-2H3. The molecule has 0 fully saturated rings. The first kappa shape index (κ1) is 13.6. The van der Waals surface area contributed by atoms with E-state index in [2.05, 4.69) is 29.5 Å². The number of aromatic nitrogens is 2. The number of benzene rings is 1. The van der Waals surface area contributed by atoms with Gasteiger partial charge in [-0.05, 0) is 18.1 Å². The smallest absolute Gasteiger partial charge is 0.124 e. The molecule has 2 rings (SSSR count). The summed E-state index contributed by atoms with van der Waals surface area (Å²) in [6.07, 6.45) is 0.332. The van der Waals surface area contributed by atoms with Crippen LogP contribution < -0.4 is 0 Å². The fourth-order valence-corrected chi connectivity index (χ4v) is 2.06. The molecule has 0 aliphatic heterocycles. The fraction of sp³-hybridized carbons (Fsp3) is 0.467. The number of fused-ring (bicyclic) bond motifs is 1. The molecular formula is C15H19N3O. The van der Waals surface area contributed by atoms with Gasteiger partial charge in [0.15, 0.2) is 0 Å². The second-order valence-electron chi connectivity index (χ2n) is 4.97. The van der Waals surface area contributed by atoms with Gasteiger partial charge in [0.2, 0.25) is 0 Å². The van der Waals surface area contributed by atoms with Crippen LogP contribution in [0.25, 0.3) is 11.0 Å². The number of nitrogens with zero attached hydrogens (tertiary/aromatic N) is 3. The van der Waals surface area contributed by atoms with Gasteiger partial charge in [-0.3, -0.25) is 0 Å². The lowest BCUT2D eigenvalue weighted by Gasteiger charge is -2.10. The van der Waals surface area contributed by atoms with E-state index in [1.807, 2.05) is 24.3 Å². The number of rotatable bonds is 6. The van der Waals surface area contributed by atoms with Crippen molar-refractivity contribution < 1.29 is 4.74 Å². The highest BCUT2D eigenvalue weighted by Gasteiger charge is 2.09. The zero-order valence-corrected chi connectivity index (χ0v) is 11.5. The van der Waals surface area contributed by atoms with Crippen molar-refractivity contribution in [1.82, 2.24) is 9.55 Å². The summed E-state index contributed by atoms with van der Waals surface area (Å²) in [5, 5.41) is 8.88. The van der Waals surface area contributed by atoms with Gasteiger partial charge in [0.1, 0.15) is 5.82 Å². The molecule has 0 spiro atoms. The molecular weight excluding hydrogens is 238 g/mol. The van der Waals surface area contributed by atoms with Crippen LogP contribution >= 0.6 is 0 Å². The van der Waals surface area contributed by atoms with Gasteiger partial charge in [-0.25, -0.2) is 4.98 Å². The first-order chi connectivity index (χ1) is 9.22. The Kier molecular flexibility index (Phi) is 4.53. The maximum absolute atomic E-state index is 8.88. The van der Waals surface area contributed by atoms with Gasteiger partial charge in [-0.1, -0.05) is 26.0 Å². The zero-order chi connectivity index (χ0) is 13.7. The van der Waals surface area contributed by atoms with Crippen molar-refractivity contribution >= 4 is 11.0 Å². The minimum atomic E-state index is 0.332. The molecule has 0 atom stereocenters. The van der Waals surface area contributed by atoms with Crippen LogP contribution in [0.3, 0.4) is 0 Å². The van der Waals surface area contributed by atoms with Crippen LogP contribution in [0.2, 0.25) is 0 Å². The average molecular weight is 257 g/mol. The van der Waals surface area contributed by atoms with Gasteiger partial charge in [-0.2, -0.15) is 5.26 Å². The molecule has 0 radical (unpaired) electrons. The van der Waals surface area contributed by atoms with Crippen LogP contribution in [0.1, 0.15) is 19.7 Å². The second-order valence-corrected chi connectivity index (χ2v) is 4.97. The van der Waals surface area contributed by atoms with E-state index in [9.17, 15) is 0 Å². The van der Waals surface area contributed by atoms with Gasteiger partial charge in [0, 0.05) is 13.2 Å². The summed E-state index contributed by atoms with van der Waals surface area (Å²) in [6, 6.07) is 10.1. The Balaban J connectivity index is 2.15. The molecule has 0 N–H and O–H groups in total. The Bertz CT molecular complexity index is 581. The van der Waals surface area contributed by atoms with E-state index in [4.69, 9.17) is 10.00 Å². The largest absolute Gasteiger partial charge is 0.379 e. The van der Waals surface area contributed by atoms with Crippen molar-refractivity contribution in [2.75, 3.05) is 13.2 Å². The molecule has 1 heterocycles. The molecule has 1 aromatic heterocycles. The molecule has 4 nitrogen and oxygen atoms in total. The number of imidazole rings is 1. The maximum atomic E-state index is 8.88. The lowest BCUT2D eigenvalue weighted by Crippen LogP contribution is -2.11.